The SMILES string of the molecule is Cn1cc(NC2=NCCCCN2)cn1. The molecule has 0 aliphatic carbocycles. The summed E-state index contributed by atoms with van der Waals surface area (Å²) < 4.78 is 1.76. The van der Waals surface area contributed by atoms with Gasteiger partial charge in [-0.2, -0.15) is 5.10 Å². The lowest BCUT2D eigenvalue weighted by molar-refractivity contribution is 0.749. The molecule has 0 spiro atoms. The van der Waals surface area contributed by atoms with E-state index in [0.717, 1.165) is 31.2 Å². The number of nitrogens with one attached hydrogen (secondary N) is 2. The van der Waals surface area contributed by atoms with Gasteiger partial charge >= 0.3 is 0 Å². The monoisotopic (exact) mass is 193 g/mol. The Bertz CT molecular complexity index is 328. The number of nitrogens with zero attached hydrogens (tertiary/aromatic N) is 3. The predicted molar refractivity (Wildman–Crippen MR) is 56.4 cm³/mol. The number of hydrogen-bond acceptors (Lipinski definition) is 4. The average molecular weight is 193 g/mol. The largest absolute Gasteiger partial charge is 0.356 e. The molecule has 2 N–H and O–H groups in total. The van der Waals surface area contributed by atoms with Gasteiger partial charge in [-0.1, -0.05) is 0 Å². The topological polar surface area (TPSA) is 54.2 Å². The van der Waals surface area contributed by atoms with Gasteiger partial charge in [0.05, 0.1) is 11.9 Å². The van der Waals surface area contributed by atoms with E-state index >= 15 is 0 Å². The minimum atomic E-state index is 0.857. The number of aryl methyl sites for hydroxylation is 1. The Morgan fingerprint density at radius 2 is 2.43 bits per heavy atom. The molecule has 2 heterocycles. The van der Waals surface area contributed by atoms with Crippen molar-refractivity contribution in [2.75, 3.05) is 18.4 Å². The van der Waals surface area contributed by atoms with Crippen LogP contribution in [0.15, 0.2) is 17.4 Å². The number of aromatic nitrogens is 2. The van der Waals surface area contributed by atoms with E-state index in [1.54, 1.807) is 10.9 Å². The molecule has 5 nitrogen and oxygen atoms in total. The fourth-order valence-corrected chi connectivity index (χ4v) is 1.40. The molecule has 0 radical (unpaired) electrons. The molecule has 0 atom stereocenters. The van der Waals surface area contributed by atoms with Crippen molar-refractivity contribution in [2.24, 2.45) is 12.0 Å². The summed E-state index contributed by atoms with van der Waals surface area (Å²) >= 11 is 0. The van der Waals surface area contributed by atoms with Crippen LogP contribution in [0.25, 0.3) is 0 Å². The molecule has 1 aliphatic rings. The lowest BCUT2D eigenvalue weighted by atomic mass is 10.3. The van der Waals surface area contributed by atoms with Gasteiger partial charge in [-0.15, -0.1) is 0 Å². The minimum Gasteiger partial charge on any atom is -0.356 e. The highest BCUT2D eigenvalue weighted by Crippen LogP contribution is 2.04. The van der Waals surface area contributed by atoms with E-state index in [9.17, 15) is 0 Å². The van der Waals surface area contributed by atoms with Crippen LogP contribution < -0.4 is 10.6 Å². The second-order valence-corrected chi connectivity index (χ2v) is 3.39. The Morgan fingerprint density at radius 3 is 3.21 bits per heavy atom. The first-order valence-electron chi connectivity index (χ1n) is 4.88. The van der Waals surface area contributed by atoms with E-state index in [2.05, 4.69) is 20.7 Å². The molecule has 14 heavy (non-hydrogen) atoms. The van der Waals surface area contributed by atoms with Crippen LogP contribution >= 0.6 is 0 Å². The van der Waals surface area contributed by atoms with Crippen molar-refractivity contribution in [2.45, 2.75) is 12.8 Å². The molecule has 1 aromatic rings. The molecule has 2 rings (SSSR count). The summed E-state index contributed by atoms with van der Waals surface area (Å²) in [7, 11) is 1.90. The van der Waals surface area contributed by atoms with Crippen LogP contribution in [0.4, 0.5) is 5.69 Å². The third-order valence-corrected chi connectivity index (χ3v) is 2.11. The zero-order valence-corrected chi connectivity index (χ0v) is 8.32. The third kappa shape index (κ3) is 2.25. The summed E-state index contributed by atoms with van der Waals surface area (Å²) in [5.74, 6) is 0.857. The first-order valence-corrected chi connectivity index (χ1v) is 4.88. The van der Waals surface area contributed by atoms with Crippen LogP contribution in [0, 0.1) is 0 Å². The Kier molecular flexibility index (Phi) is 2.67. The van der Waals surface area contributed by atoms with Gasteiger partial charge in [-0.05, 0) is 12.8 Å². The van der Waals surface area contributed by atoms with E-state index in [4.69, 9.17) is 0 Å². The molecule has 0 bridgehead atoms. The van der Waals surface area contributed by atoms with E-state index in [1.807, 2.05) is 13.2 Å². The van der Waals surface area contributed by atoms with Crippen molar-refractivity contribution in [3.63, 3.8) is 0 Å². The quantitative estimate of drug-likeness (QED) is 0.685. The third-order valence-electron chi connectivity index (χ3n) is 2.11. The molecule has 1 aliphatic heterocycles. The molecule has 76 valence electrons. The number of anilines is 1. The fourth-order valence-electron chi connectivity index (χ4n) is 1.40. The van der Waals surface area contributed by atoms with Crippen molar-refractivity contribution in [1.29, 1.82) is 0 Å². The number of guanidine groups is 1. The molecule has 0 aromatic carbocycles. The maximum atomic E-state index is 4.39. The smallest absolute Gasteiger partial charge is 0.195 e. The molecule has 0 unspecified atom stereocenters. The van der Waals surface area contributed by atoms with Crippen LogP contribution in [-0.2, 0) is 7.05 Å². The Hall–Kier alpha value is -1.52. The highest BCUT2D eigenvalue weighted by molar-refractivity contribution is 5.93. The molecule has 0 saturated heterocycles. The Balaban J connectivity index is 1.99. The van der Waals surface area contributed by atoms with Gasteiger partial charge in [0.2, 0.25) is 0 Å². The van der Waals surface area contributed by atoms with Crippen LogP contribution in [0.3, 0.4) is 0 Å². The van der Waals surface area contributed by atoms with E-state index in [0.29, 0.717) is 0 Å². The fraction of sp³-hybridized carbons (Fsp3) is 0.556. The van der Waals surface area contributed by atoms with E-state index < -0.39 is 0 Å². The van der Waals surface area contributed by atoms with Gasteiger partial charge in [-0.3, -0.25) is 9.67 Å². The highest BCUT2D eigenvalue weighted by Gasteiger charge is 2.03. The molecular weight excluding hydrogens is 178 g/mol. The molecule has 0 saturated carbocycles. The van der Waals surface area contributed by atoms with Gasteiger partial charge in [0, 0.05) is 26.3 Å². The highest BCUT2D eigenvalue weighted by atomic mass is 15.3. The van der Waals surface area contributed by atoms with Gasteiger partial charge in [0.1, 0.15) is 0 Å². The zero-order valence-electron chi connectivity index (χ0n) is 8.32. The molecular formula is C9H15N5. The predicted octanol–water partition coefficient (Wildman–Crippen LogP) is 0.571. The summed E-state index contributed by atoms with van der Waals surface area (Å²) in [5.41, 5.74) is 0.973. The molecule has 1 aromatic heterocycles. The first-order chi connectivity index (χ1) is 6.84. The number of hydrogen-bond donors (Lipinski definition) is 2. The molecule has 0 amide bonds. The lowest BCUT2D eigenvalue weighted by Crippen LogP contribution is -2.30. The normalized spacial score (nSPS) is 16.8. The standard InChI is InChI=1S/C9H15N5/c1-14-7-8(6-12-14)13-9-10-4-2-3-5-11-9/h6-7H,2-5H2,1H3,(H2,10,11,13). The Morgan fingerprint density at radius 1 is 1.50 bits per heavy atom. The maximum absolute atomic E-state index is 4.39. The molecule has 5 heteroatoms. The summed E-state index contributed by atoms with van der Waals surface area (Å²) in [5, 5.41) is 10.5. The summed E-state index contributed by atoms with van der Waals surface area (Å²) in [4.78, 5) is 4.39. The van der Waals surface area contributed by atoms with Crippen LogP contribution in [0.5, 0.6) is 0 Å². The van der Waals surface area contributed by atoms with E-state index in [1.165, 1.54) is 6.42 Å². The van der Waals surface area contributed by atoms with Gasteiger partial charge in [-0.25, -0.2) is 0 Å². The van der Waals surface area contributed by atoms with Gasteiger partial charge in [0.25, 0.3) is 0 Å². The second kappa shape index (κ2) is 4.13. The maximum Gasteiger partial charge on any atom is 0.195 e. The summed E-state index contributed by atoms with van der Waals surface area (Å²) in [6.45, 7) is 1.89. The zero-order chi connectivity index (χ0) is 9.80. The van der Waals surface area contributed by atoms with Crippen molar-refractivity contribution in [3.8, 4) is 0 Å². The lowest BCUT2D eigenvalue weighted by Gasteiger charge is -2.07. The summed E-state index contributed by atoms with van der Waals surface area (Å²) in [6.07, 6.45) is 6.05. The minimum absolute atomic E-state index is 0.857. The molecule has 0 fully saturated rings. The van der Waals surface area contributed by atoms with Gasteiger partial charge in [0.15, 0.2) is 5.96 Å². The summed E-state index contributed by atoms with van der Waals surface area (Å²) in [6, 6.07) is 0. The second-order valence-electron chi connectivity index (χ2n) is 3.39. The number of rotatable bonds is 1. The van der Waals surface area contributed by atoms with E-state index in [-0.39, 0.29) is 0 Å². The Labute approximate surface area is 83.2 Å². The van der Waals surface area contributed by atoms with Crippen LogP contribution in [0.2, 0.25) is 0 Å². The van der Waals surface area contributed by atoms with Gasteiger partial charge < -0.3 is 10.6 Å². The average Bonchev–Trinajstić information content (AvgIpc) is 2.43. The van der Waals surface area contributed by atoms with Crippen molar-refractivity contribution < 1.29 is 0 Å². The van der Waals surface area contributed by atoms with Crippen LogP contribution in [-0.4, -0.2) is 28.8 Å². The van der Waals surface area contributed by atoms with Crippen molar-refractivity contribution in [1.82, 2.24) is 15.1 Å². The first kappa shape index (κ1) is 9.05. The van der Waals surface area contributed by atoms with Crippen LogP contribution in [0.1, 0.15) is 12.8 Å². The number of aliphatic imine (C=N–C) groups is 1. The van der Waals surface area contributed by atoms with Crippen molar-refractivity contribution in [3.05, 3.63) is 12.4 Å². The van der Waals surface area contributed by atoms with Crippen molar-refractivity contribution >= 4 is 11.6 Å².